The number of hydrogen-bond acceptors (Lipinski definition) is 8. The fourth-order valence-electron chi connectivity index (χ4n) is 4.62. The average molecular weight is 608 g/mol. The Kier molecular flexibility index (Phi) is 8.91. The van der Waals surface area contributed by atoms with E-state index in [0.717, 1.165) is 18.2 Å². The summed E-state index contributed by atoms with van der Waals surface area (Å²) in [6.07, 6.45) is -2.64. The number of ether oxygens (including phenoxy) is 3. The summed E-state index contributed by atoms with van der Waals surface area (Å²) >= 11 is 0. The largest absolute Gasteiger partial charge is 0.493 e. The van der Waals surface area contributed by atoms with E-state index in [1.807, 2.05) is 0 Å². The van der Waals surface area contributed by atoms with Crippen molar-refractivity contribution in [2.24, 2.45) is 5.73 Å². The summed E-state index contributed by atoms with van der Waals surface area (Å²) in [7, 11) is 1.31. The van der Waals surface area contributed by atoms with Crippen LogP contribution in [0.1, 0.15) is 37.9 Å². The standard InChI is InChI=1S/C30H33F4N3O6/c1-5-22(43-20-11-19(38)12-20)23(41-4)10-16(2)27(39)36-14-29(40,30(32,33)34)24-13-21-26(42-15-28(21,3)35)25(37-24)17-6-8-18(31)9-7-17/h5-10,13,19-20,38,40H,1,11-12,14-15,35H2,2-4H3,(H,36,39)/b16-10+,23-22-. The molecule has 0 radical (unpaired) electrons. The van der Waals surface area contributed by atoms with Gasteiger partial charge in [-0.25, -0.2) is 9.37 Å². The van der Waals surface area contributed by atoms with Gasteiger partial charge in [0, 0.05) is 29.5 Å². The third-order valence-electron chi connectivity index (χ3n) is 7.34. The van der Waals surface area contributed by atoms with Gasteiger partial charge in [-0.2, -0.15) is 13.2 Å². The van der Waals surface area contributed by atoms with Crippen molar-refractivity contribution in [2.75, 3.05) is 20.3 Å². The van der Waals surface area contributed by atoms with E-state index in [2.05, 4.69) is 16.9 Å². The molecule has 5 N–H and O–H groups in total. The van der Waals surface area contributed by atoms with E-state index in [9.17, 15) is 32.6 Å². The monoisotopic (exact) mass is 607 g/mol. The second kappa shape index (κ2) is 12.0. The number of hydrogen-bond donors (Lipinski definition) is 4. The van der Waals surface area contributed by atoms with Gasteiger partial charge in [0.1, 0.15) is 24.2 Å². The Balaban J connectivity index is 1.66. The molecule has 1 aliphatic heterocycles. The van der Waals surface area contributed by atoms with Crippen LogP contribution in [-0.2, 0) is 25.4 Å². The molecule has 4 rings (SSSR count). The van der Waals surface area contributed by atoms with Crippen molar-refractivity contribution in [3.8, 4) is 17.0 Å². The van der Waals surface area contributed by atoms with Crippen LogP contribution < -0.4 is 15.8 Å². The van der Waals surface area contributed by atoms with Crippen LogP contribution in [0.2, 0.25) is 0 Å². The molecule has 1 saturated carbocycles. The normalized spacial score (nSPS) is 23.6. The van der Waals surface area contributed by atoms with Crippen molar-refractivity contribution in [3.63, 3.8) is 0 Å². The number of methoxy groups -OCH3 is 1. The maximum atomic E-state index is 14.5. The molecule has 2 aliphatic rings. The van der Waals surface area contributed by atoms with Gasteiger partial charge in [-0.3, -0.25) is 4.79 Å². The minimum atomic E-state index is -5.29. The number of aromatic nitrogens is 1. The lowest BCUT2D eigenvalue weighted by Gasteiger charge is -2.32. The Bertz CT molecular complexity index is 1450. The molecule has 2 aromatic rings. The van der Waals surface area contributed by atoms with Crippen LogP contribution in [0, 0.1) is 5.82 Å². The Labute approximate surface area is 245 Å². The third kappa shape index (κ3) is 6.53. The highest BCUT2D eigenvalue weighted by atomic mass is 19.4. The van der Waals surface area contributed by atoms with Gasteiger partial charge in [-0.05, 0) is 56.3 Å². The summed E-state index contributed by atoms with van der Waals surface area (Å²) in [5, 5.41) is 22.7. The van der Waals surface area contributed by atoms with E-state index in [0.29, 0.717) is 12.8 Å². The number of nitrogens with one attached hydrogen (secondary N) is 1. The van der Waals surface area contributed by atoms with Crippen molar-refractivity contribution >= 4 is 5.91 Å². The highest BCUT2D eigenvalue weighted by Crippen LogP contribution is 2.46. The number of allylic oxidation sites excluding steroid dienone is 2. The number of carbonyl (C=O) groups excluding carboxylic acids is 1. The quantitative estimate of drug-likeness (QED) is 0.139. The zero-order valence-corrected chi connectivity index (χ0v) is 23.8. The Hall–Kier alpha value is -3.94. The molecule has 9 nitrogen and oxygen atoms in total. The maximum Gasteiger partial charge on any atom is 0.424 e. The molecule has 13 heteroatoms. The van der Waals surface area contributed by atoms with Crippen molar-refractivity contribution in [1.82, 2.24) is 10.3 Å². The van der Waals surface area contributed by atoms with Crippen LogP contribution >= 0.6 is 0 Å². The lowest BCUT2D eigenvalue weighted by molar-refractivity contribution is -0.265. The van der Waals surface area contributed by atoms with E-state index >= 15 is 0 Å². The van der Waals surface area contributed by atoms with Crippen molar-refractivity contribution in [1.29, 1.82) is 0 Å². The zero-order chi connectivity index (χ0) is 31.7. The number of halogens is 4. The van der Waals surface area contributed by atoms with Crippen LogP contribution in [0.25, 0.3) is 11.3 Å². The van der Waals surface area contributed by atoms with Gasteiger partial charge in [0.15, 0.2) is 17.3 Å². The Morgan fingerprint density at radius 3 is 2.49 bits per heavy atom. The highest BCUT2D eigenvalue weighted by Gasteiger charge is 2.57. The van der Waals surface area contributed by atoms with Gasteiger partial charge >= 0.3 is 6.18 Å². The minimum absolute atomic E-state index is 0.0604. The van der Waals surface area contributed by atoms with Gasteiger partial charge in [0.05, 0.1) is 31.0 Å². The molecule has 1 aromatic carbocycles. The van der Waals surface area contributed by atoms with Crippen LogP contribution in [0.4, 0.5) is 17.6 Å². The first-order chi connectivity index (χ1) is 20.1. The molecule has 2 heterocycles. The van der Waals surface area contributed by atoms with Gasteiger partial charge in [0.2, 0.25) is 11.5 Å². The summed E-state index contributed by atoms with van der Waals surface area (Å²) < 4.78 is 73.9. The fraction of sp³-hybridized carbons (Fsp3) is 0.400. The summed E-state index contributed by atoms with van der Waals surface area (Å²) in [4.78, 5) is 17.0. The topological polar surface area (TPSA) is 136 Å². The summed E-state index contributed by atoms with van der Waals surface area (Å²) in [5.74, 6) is -1.13. The summed E-state index contributed by atoms with van der Waals surface area (Å²) in [5.41, 5.74) is 0.858. The van der Waals surface area contributed by atoms with Crippen LogP contribution in [0.3, 0.4) is 0 Å². The SMILES string of the molecule is C=C/C(OC1CC(O)C1)=C(\C=C(/C)C(=O)NCC(O)(c1cc2c(c(-c3ccc(F)cc3)n1)OCC2(C)N)C(F)(F)F)OC. The minimum Gasteiger partial charge on any atom is -0.493 e. The van der Waals surface area contributed by atoms with Crippen LogP contribution in [-0.4, -0.2) is 59.7 Å². The number of pyridine rings is 1. The average Bonchev–Trinajstić information content (AvgIpc) is 3.25. The summed E-state index contributed by atoms with van der Waals surface area (Å²) in [6, 6.07) is 5.86. The first kappa shape index (κ1) is 32.0. The Morgan fingerprint density at radius 2 is 1.93 bits per heavy atom. The smallest absolute Gasteiger partial charge is 0.424 e. The van der Waals surface area contributed by atoms with E-state index in [1.165, 1.54) is 38.3 Å². The number of amides is 1. The molecule has 0 spiro atoms. The lowest BCUT2D eigenvalue weighted by atomic mass is 9.89. The van der Waals surface area contributed by atoms with Crippen LogP contribution in [0.5, 0.6) is 5.75 Å². The molecule has 0 bridgehead atoms. The third-order valence-corrected chi connectivity index (χ3v) is 7.34. The number of nitrogens with zero attached hydrogens (tertiary/aromatic N) is 1. The number of alkyl halides is 3. The van der Waals surface area contributed by atoms with Crippen molar-refractivity contribution < 1.29 is 46.8 Å². The molecular formula is C30H33F4N3O6. The van der Waals surface area contributed by atoms with Gasteiger partial charge in [-0.1, -0.05) is 6.58 Å². The van der Waals surface area contributed by atoms with E-state index in [4.69, 9.17) is 19.9 Å². The molecule has 1 fully saturated rings. The highest BCUT2D eigenvalue weighted by molar-refractivity contribution is 5.93. The molecular weight excluding hydrogens is 574 g/mol. The van der Waals surface area contributed by atoms with Crippen molar-refractivity contribution in [2.45, 2.75) is 56.2 Å². The van der Waals surface area contributed by atoms with E-state index in [-0.39, 0.29) is 52.4 Å². The van der Waals surface area contributed by atoms with Gasteiger partial charge in [-0.15, -0.1) is 0 Å². The first-order valence-corrected chi connectivity index (χ1v) is 13.3. The molecule has 232 valence electrons. The number of aliphatic hydroxyl groups excluding tert-OH is 1. The van der Waals surface area contributed by atoms with Gasteiger partial charge < -0.3 is 35.5 Å². The zero-order valence-electron chi connectivity index (χ0n) is 23.8. The second-order valence-electron chi connectivity index (χ2n) is 10.8. The Morgan fingerprint density at radius 1 is 1.28 bits per heavy atom. The number of carbonyl (C=O) groups is 1. The van der Waals surface area contributed by atoms with Crippen molar-refractivity contribution in [3.05, 3.63) is 83.2 Å². The predicted molar refractivity (Wildman–Crippen MR) is 148 cm³/mol. The lowest BCUT2D eigenvalue weighted by Crippen LogP contribution is -2.52. The molecule has 0 saturated heterocycles. The number of fused-ring (bicyclic) bond motifs is 1. The molecule has 1 aromatic heterocycles. The second-order valence-corrected chi connectivity index (χ2v) is 10.8. The van der Waals surface area contributed by atoms with E-state index in [1.54, 1.807) is 6.92 Å². The number of benzene rings is 1. The number of rotatable bonds is 10. The maximum absolute atomic E-state index is 14.5. The molecule has 2 unspecified atom stereocenters. The molecule has 43 heavy (non-hydrogen) atoms. The number of aliphatic hydroxyl groups is 2. The summed E-state index contributed by atoms with van der Waals surface area (Å²) in [6.45, 7) is 5.18. The molecule has 1 amide bonds. The fourth-order valence-corrected chi connectivity index (χ4v) is 4.62. The van der Waals surface area contributed by atoms with Crippen LogP contribution in [0.15, 0.2) is 66.2 Å². The number of nitrogens with two attached hydrogens (primary N) is 1. The predicted octanol–water partition coefficient (Wildman–Crippen LogP) is 3.85. The molecule has 2 atom stereocenters. The van der Waals surface area contributed by atoms with Gasteiger partial charge in [0.25, 0.3) is 0 Å². The van der Waals surface area contributed by atoms with E-state index < -0.39 is 47.4 Å². The first-order valence-electron chi connectivity index (χ1n) is 13.3. The molecule has 1 aliphatic carbocycles.